The van der Waals surface area contributed by atoms with Gasteiger partial charge in [-0.2, -0.15) is 5.26 Å². The second-order valence-electron chi connectivity index (χ2n) is 8.01. The maximum Gasteiger partial charge on any atom is 0.343 e. The number of benzene rings is 2. The van der Waals surface area contributed by atoms with Gasteiger partial charge in [0.1, 0.15) is 28.7 Å². The molecule has 0 aliphatic carbocycles. The van der Waals surface area contributed by atoms with E-state index in [2.05, 4.69) is 6.92 Å². The molecule has 0 saturated heterocycles. The summed E-state index contributed by atoms with van der Waals surface area (Å²) in [6.07, 6.45) is 5.83. The van der Waals surface area contributed by atoms with E-state index in [4.69, 9.17) is 25.8 Å². The molecule has 7 heteroatoms. The molecule has 1 atom stereocenters. The number of esters is 2. The van der Waals surface area contributed by atoms with E-state index < -0.39 is 17.3 Å². The van der Waals surface area contributed by atoms with Crippen molar-refractivity contribution >= 4 is 23.5 Å². The minimum atomic E-state index is -0.839. The van der Waals surface area contributed by atoms with Gasteiger partial charge in [-0.25, -0.2) is 4.79 Å². The van der Waals surface area contributed by atoms with E-state index in [1.165, 1.54) is 37.5 Å². The highest BCUT2D eigenvalue weighted by atomic mass is 35.5. The number of hydrogen-bond acceptors (Lipinski definition) is 6. The van der Waals surface area contributed by atoms with Crippen LogP contribution in [0, 0.1) is 17.2 Å². The normalized spacial score (nSPS) is 11.5. The molecule has 0 amide bonds. The van der Waals surface area contributed by atoms with Gasteiger partial charge in [-0.05, 0) is 54.8 Å². The first kappa shape index (κ1) is 26.2. The van der Waals surface area contributed by atoms with Crippen LogP contribution in [0.4, 0.5) is 0 Å². The molecule has 0 aliphatic rings. The molecule has 0 aliphatic heterocycles. The van der Waals surface area contributed by atoms with Gasteiger partial charge in [0.05, 0.1) is 17.7 Å². The molecule has 176 valence electrons. The summed E-state index contributed by atoms with van der Waals surface area (Å²) in [7, 11) is 0. The highest BCUT2D eigenvalue weighted by Crippen LogP contribution is 2.24. The number of alkyl halides is 1. The molecule has 1 unspecified atom stereocenters. The first-order valence-electron chi connectivity index (χ1n) is 11.2. The van der Waals surface area contributed by atoms with Crippen molar-refractivity contribution in [3.05, 3.63) is 53.6 Å². The Bertz CT molecular complexity index is 966. The zero-order chi connectivity index (χ0) is 24.2. The standard InChI is InChI=1S/C26H30ClNO5/c1-4-5-6-7-8-15-31-21-10-12-22(13-11-21)32-25(29)19-9-14-23(20(16-19)17-28)33-26(30)24(27)18(2)3/h9-14,16,18,24H,4-8,15H2,1-3H3. The topological polar surface area (TPSA) is 85.6 Å². The molecule has 33 heavy (non-hydrogen) atoms. The Balaban J connectivity index is 1.94. The minimum absolute atomic E-state index is 0.0353. The molecule has 6 nitrogen and oxygen atoms in total. The van der Waals surface area contributed by atoms with E-state index in [9.17, 15) is 14.9 Å². The number of unbranched alkanes of at least 4 members (excludes halogenated alkanes) is 4. The van der Waals surface area contributed by atoms with Crippen LogP contribution in [0.5, 0.6) is 17.2 Å². The lowest BCUT2D eigenvalue weighted by atomic mass is 10.1. The van der Waals surface area contributed by atoms with Gasteiger partial charge in [-0.1, -0.05) is 46.5 Å². The summed E-state index contributed by atoms with van der Waals surface area (Å²) in [5.74, 6) is -0.301. The second-order valence-corrected chi connectivity index (χ2v) is 8.48. The monoisotopic (exact) mass is 471 g/mol. The minimum Gasteiger partial charge on any atom is -0.494 e. The van der Waals surface area contributed by atoms with Crippen molar-refractivity contribution in [2.45, 2.75) is 58.3 Å². The number of carbonyl (C=O) groups excluding carboxylic acids is 2. The van der Waals surface area contributed by atoms with E-state index in [0.29, 0.717) is 18.1 Å². The molecule has 0 saturated carbocycles. The summed E-state index contributed by atoms with van der Waals surface area (Å²) >= 11 is 6.01. The number of nitrogens with zero attached hydrogens (tertiary/aromatic N) is 1. The van der Waals surface area contributed by atoms with E-state index in [1.807, 2.05) is 6.07 Å². The highest BCUT2D eigenvalue weighted by molar-refractivity contribution is 6.30. The quantitative estimate of drug-likeness (QED) is 0.156. The lowest BCUT2D eigenvalue weighted by molar-refractivity contribution is -0.134. The third-order valence-electron chi connectivity index (χ3n) is 4.91. The zero-order valence-corrected chi connectivity index (χ0v) is 20.1. The number of rotatable bonds is 12. The summed E-state index contributed by atoms with van der Waals surface area (Å²) in [5.41, 5.74) is 0.193. The van der Waals surface area contributed by atoms with Crippen LogP contribution < -0.4 is 14.2 Å². The van der Waals surface area contributed by atoms with Gasteiger partial charge in [-0.15, -0.1) is 11.6 Å². The van der Waals surface area contributed by atoms with Gasteiger partial charge < -0.3 is 14.2 Å². The number of ether oxygens (including phenoxy) is 3. The average Bonchev–Trinajstić information content (AvgIpc) is 2.81. The third-order valence-corrected chi connectivity index (χ3v) is 5.59. The van der Waals surface area contributed by atoms with Crippen molar-refractivity contribution in [1.82, 2.24) is 0 Å². The molecule has 2 aromatic rings. The average molecular weight is 472 g/mol. The van der Waals surface area contributed by atoms with Crippen molar-refractivity contribution in [2.24, 2.45) is 5.92 Å². The van der Waals surface area contributed by atoms with Gasteiger partial charge in [0.2, 0.25) is 0 Å². The van der Waals surface area contributed by atoms with E-state index in [1.54, 1.807) is 38.1 Å². The Morgan fingerprint density at radius 2 is 1.64 bits per heavy atom. The fraction of sp³-hybridized carbons (Fsp3) is 0.423. The van der Waals surface area contributed by atoms with Crippen LogP contribution in [0.3, 0.4) is 0 Å². The first-order chi connectivity index (χ1) is 15.8. The molecule has 0 N–H and O–H groups in total. The molecular weight excluding hydrogens is 442 g/mol. The Kier molecular flexibility index (Phi) is 10.7. The van der Waals surface area contributed by atoms with Crippen LogP contribution in [0.1, 0.15) is 68.8 Å². The summed E-state index contributed by atoms with van der Waals surface area (Å²) in [4.78, 5) is 24.6. The largest absolute Gasteiger partial charge is 0.494 e. The predicted molar refractivity (Wildman–Crippen MR) is 127 cm³/mol. The summed E-state index contributed by atoms with van der Waals surface area (Å²) < 4.78 is 16.3. The molecule has 0 aromatic heterocycles. The lowest BCUT2D eigenvalue weighted by Crippen LogP contribution is -2.25. The molecule has 0 spiro atoms. The van der Waals surface area contributed by atoms with Crippen LogP contribution >= 0.6 is 11.6 Å². The second kappa shape index (κ2) is 13.5. The van der Waals surface area contributed by atoms with Crippen molar-refractivity contribution in [1.29, 1.82) is 5.26 Å². The van der Waals surface area contributed by atoms with Crippen LogP contribution in [-0.4, -0.2) is 23.9 Å². The predicted octanol–water partition coefficient (Wildman–Crippen LogP) is 6.30. The Hall–Kier alpha value is -3.04. The van der Waals surface area contributed by atoms with Crippen LogP contribution in [0.2, 0.25) is 0 Å². The van der Waals surface area contributed by atoms with Gasteiger partial charge in [0.15, 0.2) is 0 Å². The molecule has 2 aromatic carbocycles. The van der Waals surface area contributed by atoms with E-state index in [0.717, 1.165) is 12.8 Å². The summed E-state index contributed by atoms with van der Waals surface area (Å²) in [6.45, 7) is 6.41. The summed E-state index contributed by atoms with van der Waals surface area (Å²) in [5, 5.41) is 8.56. The van der Waals surface area contributed by atoms with Crippen LogP contribution in [0.25, 0.3) is 0 Å². The van der Waals surface area contributed by atoms with Gasteiger partial charge >= 0.3 is 11.9 Å². The van der Waals surface area contributed by atoms with Gasteiger partial charge in [0, 0.05) is 0 Å². The van der Waals surface area contributed by atoms with Gasteiger partial charge in [0.25, 0.3) is 0 Å². The van der Waals surface area contributed by atoms with Crippen molar-refractivity contribution in [3.63, 3.8) is 0 Å². The molecule has 0 bridgehead atoms. The van der Waals surface area contributed by atoms with E-state index >= 15 is 0 Å². The molecule has 0 radical (unpaired) electrons. The van der Waals surface area contributed by atoms with Crippen LogP contribution in [0.15, 0.2) is 42.5 Å². The fourth-order valence-corrected chi connectivity index (χ4v) is 2.98. The summed E-state index contributed by atoms with van der Waals surface area (Å²) in [6, 6.07) is 12.9. The number of carbonyl (C=O) groups is 2. The molecular formula is C26H30ClNO5. The Morgan fingerprint density at radius 3 is 2.27 bits per heavy atom. The van der Waals surface area contributed by atoms with Crippen molar-refractivity contribution < 1.29 is 23.8 Å². The highest BCUT2D eigenvalue weighted by Gasteiger charge is 2.23. The van der Waals surface area contributed by atoms with Crippen LogP contribution in [-0.2, 0) is 4.79 Å². The Morgan fingerprint density at radius 1 is 0.970 bits per heavy atom. The molecule has 2 rings (SSSR count). The van der Waals surface area contributed by atoms with E-state index in [-0.39, 0.29) is 22.8 Å². The maximum atomic E-state index is 12.5. The molecule has 0 fully saturated rings. The number of halogens is 1. The number of nitriles is 1. The van der Waals surface area contributed by atoms with Gasteiger partial charge in [-0.3, -0.25) is 4.79 Å². The Labute approximate surface area is 200 Å². The lowest BCUT2D eigenvalue weighted by Gasteiger charge is -2.13. The van der Waals surface area contributed by atoms with Crippen molar-refractivity contribution in [2.75, 3.05) is 6.61 Å². The zero-order valence-electron chi connectivity index (χ0n) is 19.3. The first-order valence-corrected chi connectivity index (χ1v) is 11.6. The SMILES string of the molecule is CCCCCCCOc1ccc(OC(=O)c2ccc(OC(=O)C(Cl)C(C)C)c(C#N)c2)cc1. The van der Waals surface area contributed by atoms with Crippen molar-refractivity contribution in [3.8, 4) is 23.3 Å². The number of hydrogen-bond donors (Lipinski definition) is 0. The third kappa shape index (κ3) is 8.43. The smallest absolute Gasteiger partial charge is 0.343 e. The maximum absolute atomic E-state index is 12.5. The molecule has 0 heterocycles. The fourth-order valence-electron chi connectivity index (χ4n) is 2.94.